The number of nitrogens with zero attached hydrogens (tertiary/aromatic N) is 1. The molecule has 0 unspecified atom stereocenters. The molecule has 8 heteroatoms. The molecule has 1 aromatic carbocycles. The highest BCUT2D eigenvalue weighted by Crippen LogP contribution is 2.42. The van der Waals surface area contributed by atoms with Gasteiger partial charge in [0.1, 0.15) is 12.1 Å². The van der Waals surface area contributed by atoms with E-state index in [2.05, 4.69) is 15.6 Å². The lowest BCUT2D eigenvalue weighted by Gasteiger charge is -2.29. The van der Waals surface area contributed by atoms with Crippen molar-refractivity contribution < 1.29 is 14.4 Å². The number of primary amides is 1. The van der Waals surface area contributed by atoms with Crippen molar-refractivity contribution in [3.8, 4) is 0 Å². The van der Waals surface area contributed by atoms with Gasteiger partial charge in [-0.25, -0.2) is 0 Å². The van der Waals surface area contributed by atoms with Crippen LogP contribution in [0.25, 0.3) is 10.9 Å². The Bertz CT molecular complexity index is 921. The SMILES string of the molecule is CNCC(=O)N[C@H]1Cc2c([nH]c3ccccc23)[C@H]2CC[C@@H](C(N)=O)N2C1=O. The van der Waals surface area contributed by atoms with Crippen LogP contribution in [-0.4, -0.2) is 53.3 Å². The number of benzene rings is 1. The van der Waals surface area contributed by atoms with E-state index in [0.29, 0.717) is 19.3 Å². The summed E-state index contributed by atoms with van der Waals surface area (Å²) in [5.41, 5.74) is 8.52. The van der Waals surface area contributed by atoms with E-state index in [4.69, 9.17) is 5.73 Å². The van der Waals surface area contributed by atoms with Crippen LogP contribution in [0.4, 0.5) is 0 Å². The lowest BCUT2D eigenvalue weighted by Crippen LogP contribution is -2.53. The summed E-state index contributed by atoms with van der Waals surface area (Å²) >= 11 is 0. The smallest absolute Gasteiger partial charge is 0.246 e. The van der Waals surface area contributed by atoms with Crippen molar-refractivity contribution in [3.63, 3.8) is 0 Å². The minimum absolute atomic E-state index is 0.118. The Morgan fingerprint density at radius 3 is 2.81 bits per heavy atom. The van der Waals surface area contributed by atoms with Crippen LogP contribution >= 0.6 is 0 Å². The molecule has 2 aliphatic rings. The maximum absolute atomic E-state index is 13.3. The van der Waals surface area contributed by atoms with Gasteiger partial charge in [-0.3, -0.25) is 14.4 Å². The third kappa shape index (κ3) is 2.86. The van der Waals surface area contributed by atoms with Crippen LogP contribution in [0.15, 0.2) is 24.3 Å². The second-order valence-corrected chi connectivity index (χ2v) is 7.17. The number of aromatic amines is 1. The van der Waals surface area contributed by atoms with Gasteiger partial charge in [-0.15, -0.1) is 0 Å². The van der Waals surface area contributed by atoms with Crippen molar-refractivity contribution in [3.05, 3.63) is 35.5 Å². The first-order valence-corrected chi connectivity index (χ1v) is 9.16. The van der Waals surface area contributed by atoms with Crippen LogP contribution in [0.2, 0.25) is 0 Å². The number of para-hydroxylation sites is 1. The number of amides is 3. The molecule has 0 bridgehead atoms. The van der Waals surface area contributed by atoms with Crippen molar-refractivity contribution in [1.82, 2.24) is 20.5 Å². The van der Waals surface area contributed by atoms with E-state index in [1.54, 1.807) is 11.9 Å². The molecular formula is C19H23N5O3. The van der Waals surface area contributed by atoms with Gasteiger partial charge in [0.2, 0.25) is 17.7 Å². The minimum Gasteiger partial charge on any atom is -0.368 e. The van der Waals surface area contributed by atoms with Gasteiger partial charge in [0.15, 0.2) is 0 Å². The van der Waals surface area contributed by atoms with Crippen molar-refractivity contribution in [2.24, 2.45) is 5.73 Å². The summed E-state index contributed by atoms with van der Waals surface area (Å²) < 4.78 is 0. The zero-order chi connectivity index (χ0) is 19.1. The molecule has 0 saturated carbocycles. The Morgan fingerprint density at radius 2 is 2.07 bits per heavy atom. The Labute approximate surface area is 156 Å². The third-order valence-corrected chi connectivity index (χ3v) is 5.53. The zero-order valence-electron chi connectivity index (χ0n) is 15.1. The number of aromatic nitrogens is 1. The summed E-state index contributed by atoms with van der Waals surface area (Å²) in [5.74, 6) is -1.02. The first kappa shape index (κ1) is 17.5. The van der Waals surface area contributed by atoms with E-state index in [1.165, 1.54) is 0 Å². The number of likely N-dealkylation sites (N-methyl/N-ethyl adjacent to an activating group) is 1. The molecule has 1 fully saturated rings. The molecule has 3 heterocycles. The number of rotatable bonds is 4. The summed E-state index contributed by atoms with van der Waals surface area (Å²) in [5, 5.41) is 6.65. The molecule has 27 heavy (non-hydrogen) atoms. The van der Waals surface area contributed by atoms with Crippen LogP contribution in [0.3, 0.4) is 0 Å². The Balaban J connectivity index is 1.81. The first-order chi connectivity index (χ1) is 13.0. The van der Waals surface area contributed by atoms with Crippen LogP contribution in [0, 0.1) is 0 Å². The van der Waals surface area contributed by atoms with Gasteiger partial charge >= 0.3 is 0 Å². The van der Waals surface area contributed by atoms with Gasteiger partial charge in [0.05, 0.1) is 12.6 Å². The summed E-state index contributed by atoms with van der Waals surface area (Å²) in [7, 11) is 1.67. The second-order valence-electron chi connectivity index (χ2n) is 7.17. The van der Waals surface area contributed by atoms with E-state index in [1.807, 2.05) is 24.3 Å². The van der Waals surface area contributed by atoms with Crippen LogP contribution < -0.4 is 16.4 Å². The number of nitrogens with one attached hydrogen (secondary N) is 3. The second kappa shape index (κ2) is 6.70. The van der Waals surface area contributed by atoms with E-state index in [0.717, 1.165) is 22.2 Å². The van der Waals surface area contributed by atoms with Crippen molar-refractivity contribution in [2.75, 3.05) is 13.6 Å². The highest BCUT2D eigenvalue weighted by Gasteiger charge is 2.47. The fraction of sp³-hybridized carbons (Fsp3) is 0.421. The van der Waals surface area contributed by atoms with Crippen molar-refractivity contribution in [1.29, 1.82) is 0 Å². The Morgan fingerprint density at radius 1 is 1.30 bits per heavy atom. The maximum Gasteiger partial charge on any atom is 0.246 e. The van der Waals surface area contributed by atoms with Gasteiger partial charge in [-0.1, -0.05) is 18.2 Å². The maximum atomic E-state index is 13.3. The van der Waals surface area contributed by atoms with Crippen LogP contribution in [0.1, 0.15) is 30.1 Å². The molecule has 8 nitrogen and oxygen atoms in total. The zero-order valence-corrected chi connectivity index (χ0v) is 15.1. The van der Waals surface area contributed by atoms with Crippen LogP contribution in [0.5, 0.6) is 0 Å². The normalized spacial score (nSPS) is 24.4. The largest absolute Gasteiger partial charge is 0.368 e. The topological polar surface area (TPSA) is 120 Å². The predicted molar refractivity (Wildman–Crippen MR) is 99.7 cm³/mol. The molecule has 0 radical (unpaired) electrons. The van der Waals surface area contributed by atoms with Gasteiger partial charge in [0.25, 0.3) is 0 Å². The molecule has 0 spiro atoms. The van der Waals surface area contributed by atoms with Crippen molar-refractivity contribution in [2.45, 2.75) is 37.4 Å². The number of carbonyl (C=O) groups is 3. The predicted octanol–water partition coefficient (Wildman–Crippen LogP) is -0.0544. The Hall–Kier alpha value is -2.87. The van der Waals surface area contributed by atoms with E-state index >= 15 is 0 Å². The third-order valence-electron chi connectivity index (χ3n) is 5.53. The standard InChI is InChI=1S/C19H23N5O3/c1-21-9-16(25)22-13-8-11-10-4-2-3-5-12(10)23-17(11)14-6-7-15(18(20)26)24(14)19(13)27/h2-5,13-15,21,23H,6-9H2,1H3,(H2,20,26)(H,22,25)/t13-,14+,15-/m0/s1. The molecule has 5 N–H and O–H groups in total. The van der Waals surface area contributed by atoms with Gasteiger partial charge < -0.3 is 26.3 Å². The fourth-order valence-corrected chi connectivity index (χ4v) is 4.40. The number of fused-ring (bicyclic) bond motifs is 5. The molecule has 2 aromatic rings. The van der Waals surface area contributed by atoms with Crippen LogP contribution in [-0.2, 0) is 20.8 Å². The molecule has 142 valence electrons. The molecule has 1 saturated heterocycles. The number of nitrogens with two attached hydrogens (primary N) is 1. The highest BCUT2D eigenvalue weighted by atomic mass is 16.2. The highest BCUT2D eigenvalue weighted by molar-refractivity contribution is 5.95. The lowest BCUT2D eigenvalue weighted by molar-refractivity contribution is -0.142. The quantitative estimate of drug-likeness (QED) is 0.604. The summed E-state index contributed by atoms with van der Waals surface area (Å²) in [6.45, 7) is 0.118. The molecule has 0 aliphatic carbocycles. The van der Waals surface area contributed by atoms with E-state index < -0.39 is 18.0 Å². The molecule has 3 atom stereocenters. The monoisotopic (exact) mass is 369 g/mol. The van der Waals surface area contributed by atoms with E-state index in [-0.39, 0.29) is 24.4 Å². The van der Waals surface area contributed by atoms with E-state index in [9.17, 15) is 14.4 Å². The molecular weight excluding hydrogens is 346 g/mol. The average molecular weight is 369 g/mol. The molecule has 2 aliphatic heterocycles. The summed E-state index contributed by atoms with van der Waals surface area (Å²) in [6, 6.07) is 6.30. The minimum atomic E-state index is -0.728. The Kier molecular flexibility index (Phi) is 4.35. The first-order valence-electron chi connectivity index (χ1n) is 9.16. The lowest BCUT2D eigenvalue weighted by atomic mass is 10.00. The van der Waals surface area contributed by atoms with Crippen molar-refractivity contribution >= 4 is 28.6 Å². The molecule has 4 rings (SSSR count). The average Bonchev–Trinajstić information content (AvgIpc) is 3.20. The van der Waals surface area contributed by atoms with Gasteiger partial charge in [-0.2, -0.15) is 0 Å². The van der Waals surface area contributed by atoms with Gasteiger partial charge in [0, 0.05) is 23.0 Å². The number of H-pyrrole nitrogens is 1. The summed E-state index contributed by atoms with van der Waals surface area (Å²) in [4.78, 5) is 42.4. The molecule has 1 aromatic heterocycles. The number of hydrogen-bond acceptors (Lipinski definition) is 4. The van der Waals surface area contributed by atoms with Gasteiger partial charge in [-0.05, 0) is 31.5 Å². The number of hydrogen-bond donors (Lipinski definition) is 4. The summed E-state index contributed by atoms with van der Waals surface area (Å²) in [6.07, 6.45) is 1.57. The fourth-order valence-electron chi connectivity index (χ4n) is 4.40. The number of carbonyl (C=O) groups excluding carboxylic acids is 3. The molecule has 3 amide bonds.